The maximum absolute atomic E-state index is 12.5. The zero-order valence-corrected chi connectivity index (χ0v) is 11.8. The van der Waals surface area contributed by atoms with Gasteiger partial charge in [-0.3, -0.25) is 9.78 Å². The summed E-state index contributed by atoms with van der Waals surface area (Å²) in [5.41, 5.74) is -1.20. The minimum Gasteiger partial charge on any atom is -0.352 e. The highest BCUT2D eigenvalue weighted by Gasteiger charge is 2.33. The van der Waals surface area contributed by atoms with Gasteiger partial charge in [0.05, 0.1) is 0 Å². The maximum Gasteiger partial charge on any atom is 0.433 e. The summed E-state index contributed by atoms with van der Waals surface area (Å²) < 4.78 is 37.6. The average molecular weight is 315 g/mol. The zero-order chi connectivity index (χ0) is 15.5. The molecule has 0 unspecified atom stereocenters. The molecule has 2 aromatic rings. The molecule has 2 N–H and O–H groups in total. The second-order valence-corrected chi connectivity index (χ2v) is 5.06. The molecule has 112 valence electrons. The lowest BCUT2D eigenvalue weighted by molar-refractivity contribution is -0.141. The van der Waals surface area contributed by atoms with Gasteiger partial charge in [0.2, 0.25) is 5.95 Å². The Morgan fingerprint density at radius 3 is 2.52 bits per heavy atom. The van der Waals surface area contributed by atoms with Gasteiger partial charge in [-0.15, -0.1) is 11.8 Å². The van der Waals surface area contributed by atoms with Crippen molar-refractivity contribution < 1.29 is 13.2 Å². The molecule has 0 fully saturated rings. The molecule has 0 aliphatic carbocycles. The van der Waals surface area contributed by atoms with Gasteiger partial charge in [0.1, 0.15) is 0 Å². The van der Waals surface area contributed by atoms with Crippen LogP contribution in [0.2, 0.25) is 0 Å². The normalized spacial score (nSPS) is 11.4. The van der Waals surface area contributed by atoms with Crippen molar-refractivity contribution in [3.05, 3.63) is 51.9 Å². The molecule has 4 nitrogen and oxygen atoms in total. The molecule has 0 spiro atoms. The number of thioether (sulfide) groups is 1. The van der Waals surface area contributed by atoms with Crippen molar-refractivity contribution in [2.75, 3.05) is 11.6 Å². The van der Waals surface area contributed by atoms with Crippen LogP contribution in [-0.4, -0.2) is 16.2 Å². The first kappa shape index (κ1) is 15.4. The van der Waals surface area contributed by atoms with Crippen LogP contribution in [0.3, 0.4) is 0 Å². The fourth-order valence-electron chi connectivity index (χ4n) is 1.62. The summed E-state index contributed by atoms with van der Waals surface area (Å²) in [5, 5.41) is 2.68. The fourth-order valence-corrected chi connectivity index (χ4v) is 2.02. The number of aromatic nitrogens is 2. The number of benzene rings is 1. The van der Waals surface area contributed by atoms with Gasteiger partial charge in [-0.2, -0.15) is 13.2 Å². The van der Waals surface area contributed by atoms with Crippen molar-refractivity contribution >= 4 is 17.7 Å². The van der Waals surface area contributed by atoms with Gasteiger partial charge in [0.15, 0.2) is 5.69 Å². The minimum atomic E-state index is -4.65. The number of hydrogen-bond donors (Lipinski definition) is 2. The van der Waals surface area contributed by atoms with Crippen LogP contribution in [0.1, 0.15) is 11.3 Å². The molecule has 0 saturated carbocycles. The third-order valence-electron chi connectivity index (χ3n) is 2.65. The molecule has 0 aliphatic rings. The number of anilines is 1. The number of alkyl halides is 3. The van der Waals surface area contributed by atoms with Crippen LogP contribution in [-0.2, 0) is 12.7 Å². The summed E-state index contributed by atoms with van der Waals surface area (Å²) in [6.07, 6.45) is -2.70. The van der Waals surface area contributed by atoms with E-state index in [2.05, 4.69) is 15.3 Å². The van der Waals surface area contributed by atoms with E-state index in [1.807, 2.05) is 30.5 Å². The number of aromatic amines is 1. The van der Waals surface area contributed by atoms with Gasteiger partial charge in [-0.25, -0.2) is 4.98 Å². The first-order valence-corrected chi connectivity index (χ1v) is 7.16. The molecule has 1 aromatic carbocycles. The largest absolute Gasteiger partial charge is 0.433 e. The molecule has 0 aliphatic heterocycles. The number of halogens is 3. The van der Waals surface area contributed by atoms with Crippen molar-refractivity contribution in [3.8, 4) is 0 Å². The van der Waals surface area contributed by atoms with Crippen LogP contribution in [0.25, 0.3) is 0 Å². The molecule has 0 saturated heterocycles. The van der Waals surface area contributed by atoms with E-state index in [0.29, 0.717) is 6.07 Å². The van der Waals surface area contributed by atoms with Gasteiger partial charge in [0.25, 0.3) is 5.56 Å². The molecule has 0 atom stereocenters. The van der Waals surface area contributed by atoms with E-state index in [4.69, 9.17) is 0 Å². The maximum atomic E-state index is 12.5. The van der Waals surface area contributed by atoms with E-state index in [1.165, 1.54) is 0 Å². The highest BCUT2D eigenvalue weighted by atomic mass is 32.2. The Morgan fingerprint density at radius 1 is 1.29 bits per heavy atom. The minimum absolute atomic E-state index is 0.205. The highest BCUT2D eigenvalue weighted by molar-refractivity contribution is 7.98. The lowest BCUT2D eigenvalue weighted by atomic mass is 10.2. The number of H-pyrrole nitrogens is 1. The fraction of sp³-hybridized carbons (Fsp3) is 0.231. The van der Waals surface area contributed by atoms with Gasteiger partial charge in [0, 0.05) is 17.5 Å². The number of hydrogen-bond acceptors (Lipinski definition) is 4. The van der Waals surface area contributed by atoms with Crippen molar-refractivity contribution in [1.82, 2.24) is 9.97 Å². The first-order valence-electron chi connectivity index (χ1n) is 5.94. The van der Waals surface area contributed by atoms with E-state index in [9.17, 15) is 18.0 Å². The summed E-state index contributed by atoms with van der Waals surface area (Å²) in [5.74, 6) is -0.205. The second-order valence-electron chi connectivity index (χ2n) is 4.18. The SMILES string of the molecule is CSc1ccc(CNc2nc(C(F)(F)F)cc(=O)[nH]2)cc1. The van der Waals surface area contributed by atoms with E-state index in [-0.39, 0.29) is 12.5 Å². The Balaban J connectivity index is 2.12. The van der Waals surface area contributed by atoms with E-state index in [1.54, 1.807) is 11.8 Å². The van der Waals surface area contributed by atoms with Crippen LogP contribution in [0.4, 0.5) is 19.1 Å². The highest BCUT2D eigenvalue weighted by Crippen LogP contribution is 2.26. The van der Waals surface area contributed by atoms with E-state index in [0.717, 1.165) is 10.5 Å². The van der Waals surface area contributed by atoms with Gasteiger partial charge in [-0.1, -0.05) is 12.1 Å². The first-order chi connectivity index (χ1) is 9.88. The van der Waals surface area contributed by atoms with Crippen molar-refractivity contribution in [1.29, 1.82) is 0 Å². The molecule has 1 heterocycles. The van der Waals surface area contributed by atoms with E-state index < -0.39 is 17.4 Å². The number of nitrogens with zero attached hydrogens (tertiary/aromatic N) is 1. The predicted octanol–water partition coefficient (Wildman–Crippen LogP) is 3.12. The van der Waals surface area contributed by atoms with Crippen LogP contribution in [0.15, 0.2) is 40.0 Å². The Kier molecular flexibility index (Phi) is 4.56. The van der Waals surface area contributed by atoms with Crippen LogP contribution < -0.4 is 10.9 Å². The second kappa shape index (κ2) is 6.21. The van der Waals surface area contributed by atoms with Gasteiger partial charge < -0.3 is 5.32 Å². The molecule has 1 aromatic heterocycles. The molecule has 0 bridgehead atoms. The van der Waals surface area contributed by atoms with E-state index >= 15 is 0 Å². The van der Waals surface area contributed by atoms with Crippen LogP contribution in [0.5, 0.6) is 0 Å². The van der Waals surface area contributed by atoms with Gasteiger partial charge in [-0.05, 0) is 24.0 Å². The molecule has 2 rings (SSSR count). The zero-order valence-electron chi connectivity index (χ0n) is 11.0. The smallest absolute Gasteiger partial charge is 0.352 e. The monoisotopic (exact) mass is 315 g/mol. The molecule has 21 heavy (non-hydrogen) atoms. The summed E-state index contributed by atoms with van der Waals surface area (Å²) in [6.45, 7) is 0.263. The average Bonchev–Trinajstić information content (AvgIpc) is 2.44. The Bertz CT molecular complexity index is 668. The van der Waals surface area contributed by atoms with Crippen LogP contribution in [0, 0.1) is 0 Å². The summed E-state index contributed by atoms with van der Waals surface area (Å²) in [6, 6.07) is 7.95. The molecular formula is C13H12F3N3OS. The topological polar surface area (TPSA) is 57.8 Å². The molecule has 8 heteroatoms. The predicted molar refractivity (Wildman–Crippen MR) is 75.4 cm³/mol. The van der Waals surface area contributed by atoms with Crippen molar-refractivity contribution in [3.63, 3.8) is 0 Å². The lowest BCUT2D eigenvalue weighted by Crippen LogP contribution is -2.18. The number of rotatable bonds is 4. The summed E-state index contributed by atoms with van der Waals surface area (Å²) in [7, 11) is 0. The molecular weight excluding hydrogens is 303 g/mol. The van der Waals surface area contributed by atoms with Gasteiger partial charge >= 0.3 is 6.18 Å². The van der Waals surface area contributed by atoms with Crippen LogP contribution >= 0.6 is 11.8 Å². The molecule has 0 radical (unpaired) electrons. The summed E-state index contributed by atoms with van der Waals surface area (Å²) in [4.78, 5) is 17.9. The quantitative estimate of drug-likeness (QED) is 0.851. The third kappa shape index (κ3) is 4.25. The van der Waals surface area contributed by atoms with Crippen molar-refractivity contribution in [2.24, 2.45) is 0 Å². The Labute approximate surface area is 122 Å². The summed E-state index contributed by atoms with van der Waals surface area (Å²) >= 11 is 1.59. The van der Waals surface area contributed by atoms with Crippen molar-refractivity contribution in [2.45, 2.75) is 17.6 Å². The standard InChI is InChI=1S/C13H12F3N3OS/c1-21-9-4-2-8(3-5-9)7-17-12-18-10(13(14,15)16)6-11(20)19-12/h2-6H,7H2,1H3,(H2,17,18,19,20). The Hall–Kier alpha value is -1.96. The Morgan fingerprint density at radius 2 is 1.95 bits per heavy atom. The molecule has 0 amide bonds. The number of nitrogens with one attached hydrogen (secondary N) is 2. The third-order valence-corrected chi connectivity index (χ3v) is 3.39. The lowest BCUT2D eigenvalue weighted by Gasteiger charge is -2.09.